The van der Waals surface area contributed by atoms with Gasteiger partial charge in [-0.25, -0.2) is 0 Å². The summed E-state index contributed by atoms with van der Waals surface area (Å²) in [7, 11) is 0. The molecule has 2 atom stereocenters. The van der Waals surface area contributed by atoms with E-state index < -0.39 is 0 Å². The van der Waals surface area contributed by atoms with Crippen molar-refractivity contribution in [1.82, 2.24) is 10.3 Å². The van der Waals surface area contributed by atoms with Crippen LogP contribution in [0.4, 0.5) is 0 Å². The normalized spacial score (nSPS) is 24.6. The van der Waals surface area contributed by atoms with E-state index in [1.807, 2.05) is 6.08 Å². The molecule has 3 N–H and O–H groups in total. The molecule has 1 aliphatic heterocycles. The monoisotopic (exact) mass is 227 g/mol. The van der Waals surface area contributed by atoms with Gasteiger partial charge in [0.1, 0.15) is 0 Å². The number of rotatable bonds is 6. The van der Waals surface area contributed by atoms with Crippen LogP contribution in [0.25, 0.3) is 0 Å². The van der Waals surface area contributed by atoms with Crippen molar-refractivity contribution in [2.24, 2.45) is 5.84 Å². The minimum absolute atomic E-state index is 0.195. The third-order valence-electron chi connectivity index (χ3n) is 3.20. The number of morpholine rings is 1. The van der Waals surface area contributed by atoms with Gasteiger partial charge in [-0.15, -0.1) is 6.58 Å². The molecule has 0 spiro atoms. The number of nitrogens with two attached hydrogens (primary N) is 1. The zero-order chi connectivity index (χ0) is 12.0. The molecule has 1 heterocycles. The highest BCUT2D eigenvalue weighted by Gasteiger charge is 2.27. The fourth-order valence-corrected chi connectivity index (χ4v) is 2.08. The Morgan fingerprint density at radius 2 is 2.38 bits per heavy atom. The van der Waals surface area contributed by atoms with E-state index in [1.165, 1.54) is 0 Å². The van der Waals surface area contributed by atoms with E-state index in [-0.39, 0.29) is 12.1 Å². The molecule has 0 aromatic heterocycles. The van der Waals surface area contributed by atoms with E-state index in [1.54, 1.807) is 0 Å². The van der Waals surface area contributed by atoms with Crippen LogP contribution in [0.5, 0.6) is 0 Å². The molecule has 16 heavy (non-hydrogen) atoms. The second-order valence-electron chi connectivity index (χ2n) is 4.64. The van der Waals surface area contributed by atoms with E-state index in [0.29, 0.717) is 6.04 Å². The average Bonchev–Trinajstić information content (AvgIpc) is 2.30. The molecule has 4 heteroatoms. The third kappa shape index (κ3) is 3.87. The van der Waals surface area contributed by atoms with Gasteiger partial charge in [0.2, 0.25) is 0 Å². The van der Waals surface area contributed by atoms with E-state index in [2.05, 4.69) is 30.8 Å². The summed E-state index contributed by atoms with van der Waals surface area (Å²) in [5, 5.41) is 0. The third-order valence-corrected chi connectivity index (χ3v) is 3.20. The second-order valence-corrected chi connectivity index (χ2v) is 4.64. The van der Waals surface area contributed by atoms with Gasteiger partial charge in [-0.3, -0.25) is 16.2 Å². The summed E-state index contributed by atoms with van der Waals surface area (Å²) in [6.07, 6.45) is 4.07. The number of nitrogens with zero attached hydrogens (tertiary/aromatic N) is 1. The van der Waals surface area contributed by atoms with Gasteiger partial charge in [-0.2, -0.15) is 0 Å². The molecule has 0 amide bonds. The number of hydrogen-bond acceptors (Lipinski definition) is 4. The Labute approximate surface area is 98.8 Å². The van der Waals surface area contributed by atoms with Gasteiger partial charge in [-0.05, 0) is 26.7 Å². The van der Waals surface area contributed by atoms with Crippen LogP contribution in [0.3, 0.4) is 0 Å². The van der Waals surface area contributed by atoms with Crippen LogP contribution in [0.2, 0.25) is 0 Å². The van der Waals surface area contributed by atoms with Crippen molar-refractivity contribution in [3.8, 4) is 0 Å². The number of allylic oxidation sites excluding steroid dienone is 1. The first-order valence-electron chi connectivity index (χ1n) is 6.11. The van der Waals surface area contributed by atoms with Gasteiger partial charge in [0.05, 0.1) is 12.7 Å². The first-order chi connectivity index (χ1) is 7.69. The lowest BCUT2D eigenvalue weighted by Crippen LogP contribution is -2.55. The summed E-state index contributed by atoms with van der Waals surface area (Å²) in [6.45, 7) is 11.0. The number of nitrogens with one attached hydrogen (secondary N) is 1. The van der Waals surface area contributed by atoms with Gasteiger partial charge in [0.15, 0.2) is 0 Å². The summed E-state index contributed by atoms with van der Waals surface area (Å²) >= 11 is 0. The van der Waals surface area contributed by atoms with E-state index in [0.717, 1.165) is 32.5 Å². The highest BCUT2D eigenvalue weighted by atomic mass is 16.5. The van der Waals surface area contributed by atoms with Crippen molar-refractivity contribution in [1.29, 1.82) is 0 Å². The SMILES string of the molecule is C=CCCC(NN)C1CN(C(C)C)CCO1. The lowest BCUT2D eigenvalue weighted by atomic mass is 10.0. The van der Waals surface area contributed by atoms with Crippen LogP contribution in [0, 0.1) is 0 Å². The van der Waals surface area contributed by atoms with Crippen molar-refractivity contribution in [3.63, 3.8) is 0 Å². The maximum Gasteiger partial charge on any atom is 0.0868 e. The zero-order valence-corrected chi connectivity index (χ0v) is 10.5. The van der Waals surface area contributed by atoms with Crippen LogP contribution >= 0.6 is 0 Å². The second kappa shape index (κ2) is 7.01. The fourth-order valence-electron chi connectivity index (χ4n) is 2.08. The molecule has 0 bridgehead atoms. The van der Waals surface area contributed by atoms with Crippen LogP contribution in [-0.2, 0) is 4.74 Å². The Kier molecular flexibility index (Phi) is 5.98. The molecule has 4 nitrogen and oxygen atoms in total. The average molecular weight is 227 g/mol. The minimum Gasteiger partial charge on any atom is -0.374 e. The summed E-state index contributed by atoms with van der Waals surface area (Å²) < 4.78 is 5.79. The largest absolute Gasteiger partial charge is 0.374 e. The van der Waals surface area contributed by atoms with E-state index >= 15 is 0 Å². The van der Waals surface area contributed by atoms with Gasteiger partial charge >= 0.3 is 0 Å². The quantitative estimate of drug-likeness (QED) is 0.402. The van der Waals surface area contributed by atoms with Crippen LogP contribution in [0.15, 0.2) is 12.7 Å². The Bertz CT molecular complexity index is 208. The Morgan fingerprint density at radius 3 is 2.94 bits per heavy atom. The number of hydrogen-bond donors (Lipinski definition) is 2. The van der Waals surface area contributed by atoms with Crippen LogP contribution in [-0.4, -0.2) is 42.8 Å². The summed E-state index contributed by atoms with van der Waals surface area (Å²) in [5.74, 6) is 5.58. The Hall–Kier alpha value is -0.420. The molecule has 1 saturated heterocycles. The molecule has 0 radical (unpaired) electrons. The maximum absolute atomic E-state index is 5.79. The predicted molar refractivity (Wildman–Crippen MR) is 67.0 cm³/mol. The zero-order valence-electron chi connectivity index (χ0n) is 10.5. The summed E-state index contributed by atoms with van der Waals surface area (Å²) in [5.41, 5.74) is 2.87. The molecule has 0 aliphatic carbocycles. The lowest BCUT2D eigenvalue weighted by Gasteiger charge is -2.38. The molecular weight excluding hydrogens is 202 g/mol. The Morgan fingerprint density at radius 1 is 1.62 bits per heavy atom. The smallest absolute Gasteiger partial charge is 0.0868 e. The molecular formula is C12H25N3O. The van der Waals surface area contributed by atoms with Gasteiger partial charge < -0.3 is 4.74 Å². The molecule has 0 saturated carbocycles. The molecule has 1 fully saturated rings. The molecule has 94 valence electrons. The highest BCUT2D eigenvalue weighted by molar-refractivity contribution is 4.84. The topological polar surface area (TPSA) is 50.5 Å². The first kappa shape index (κ1) is 13.6. The maximum atomic E-state index is 5.79. The van der Waals surface area contributed by atoms with Crippen LogP contribution in [0.1, 0.15) is 26.7 Å². The van der Waals surface area contributed by atoms with Gasteiger partial charge in [0, 0.05) is 25.2 Å². The van der Waals surface area contributed by atoms with E-state index in [4.69, 9.17) is 10.6 Å². The fraction of sp³-hybridized carbons (Fsp3) is 0.833. The highest BCUT2D eigenvalue weighted by Crippen LogP contribution is 2.14. The molecule has 1 aliphatic rings. The molecule has 1 rings (SSSR count). The molecule has 2 unspecified atom stereocenters. The number of ether oxygens (including phenoxy) is 1. The van der Waals surface area contributed by atoms with Crippen molar-refractivity contribution < 1.29 is 4.74 Å². The van der Waals surface area contributed by atoms with Crippen LogP contribution < -0.4 is 11.3 Å². The van der Waals surface area contributed by atoms with Crippen molar-refractivity contribution >= 4 is 0 Å². The lowest BCUT2D eigenvalue weighted by molar-refractivity contribution is -0.0564. The minimum atomic E-state index is 0.195. The first-order valence-corrected chi connectivity index (χ1v) is 6.11. The van der Waals surface area contributed by atoms with Gasteiger partial charge in [-0.1, -0.05) is 6.08 Å². The van der Waals surface area contributed by atoms with Gasteiger partial charge in [0.25, 0.3) is 0 Å². The van der Waals surface area contributed by atoms with E-state index in [9.17, 15) is 0 Å². The number of hydrazine groups is 1. The van der Waals surface area contributed by atoms with Crippen molar-refractivity contribution in [2.45, 2.75) is 44.9 Å². The summed E-state index contributed by atoms with van der Waals surface area (Å²) in [6, 6.07) is 0.795. The summed E-state index contributed by atoms with van der Waals surface area (Å²) in [4.78, 5) is 2.44. The predicted octanol–water partition coefficient (Wildman–Crippen LogP) is 0.894. The van der Waals surface area contributed by atoms with Crippen molar-refractivity contribution in [3.05, 3.63) is 12.7 Å². The Balaban J connectivity index is 2.46. The van der Waals surface area contributed by atoms with Crippen molar-refractivity contribution in [2.75, 3.05) is 19.7 Å². The standard InChI is InChI=1S/C12H25N3O/c1-4-5-6-11(14-13)12-9-15(10(2)3)7-8-16-12/h4,10-12,14H,1,5-9,13H2,2-3H3. The molecule has 0 aromatic rings. The molecule has 0 aromatic carbocycles.